The molecule has 1 fully saturated rings. The van der Waals surface area contributed by atoms with Gasteiger partial charge in [-0.15, -0.1) is 0 Å². The van der Waals surface area contributed by atoms with E-state index in [2.05, 4.69) is 0 Å². The third-order valence-electron chi connectivity index (χ3n) is 5.35. The van der Waals surface area contributed by atoms with Crippen LogP contribution in [0.25, 0.3) is 0 Å². The van der Waals surface area contributed by atoms with E-state index >= 15 is 0 Å². The number of carbonyl (C=O) groups is 2. The van der Waals surface area contributed by atoms with Crippen molar-refractivity contribution < 1.29 is 24.2 Å². The molecule has 1 amide bonds. The largest absolute Gasteiger partial charge is 0.496 e. The number of benzene rings is 2. The maximum Gasteiger partial charge on any atom is 0.338 e. The number of nitrogens with zero attached hydrogens (tertiary/aromatic N) is 2. The lowest BCUT2D eigenvalue weighted by Gasteiger charge is -2.38. The summed E-state index contributed by atoms with van der Waals surface area (Å²) in [5.41, 5.74) is 1.45. The van der Waals surface area contributed by atoms with Gasteiger partial charge in [0, 0.05) is 25.9 Å². The smallest absolute Gasteiger partial charge is 0.338 e. The highest BCUT2D eigenvalue weighted by Crippen LogP contribution is 2.20. The first kappa shape index (κ1) is 22.8. The van der Waals surface area contributed by atoms with E-state index < -0.39 is 12.1 Å². The van der Waals surface area contributed by atoms with Crippen LogP contribution in [0.2, 0.25) is 0 Å². The molecule has 0 radical (unpaired) electrons. The number of aliphatic hydroxyl groups excluding tert-OH is 1. The van der Waals surface area contributed by atoms with Crippen LogP contribution in [-0.4, -0.2) is 66.5 Å². The first-order valence-corrected chi connectivity index (χ1v) is 10.7. The van der Waals surface area contributed by atoms with Crippen molar-refractivity contribution in [3.8, 4) is 5.75 Å². The number of hydrogen-bond acceptors (Lipinski definition) is 6. The van der Waals surface area contributed by atoms with Crippen molar-refractivity contribution >= 4 is 11.9 Å². The van der Waals surface area contributed by atoms with Crippen molar-refractivity contribution in [1.82, 2.24) is 10.0 Å². The minimum atomic E-state index is -0.550. The van der Waals surface area contributed by atoms with Crippen molar-refractivity contribution in [2.75, 3.05) is 33.4 Å². The van der Waals surface area contributed by atoms with Crippen LogP contribution in [0.5, 0.6) is 5.75 Å². The van der Waals surface area contributed by atoms with E-state index in [0.29, 0.717) is 37.9 Å². The summed E-state index contributed by atoms with van der Waals surface area (Å²) in [6, 6.07) is 16.4. The molecule has 166 valence electrons. The number of methoxy groups -OCH3 is 1. The molecule has 2 aromatic carbocycles. The molecule has 3 rings (SSSR count). The van der Waals surface area contributed by atoms with Crippen molar-refractivity contribution in [3.63, 3.8) is 0 Å². The summed E-state index contributed by atoms with van der Waals surface area (Å²) in [5, 5.41) is 14.1. The number of esters is 1. The molecule has 7 heteroatoms. The summed E-state index contributed by atoms with van der Waals surface area (Å²) in [6.45, 7) is 1.72. The zero-order valence-corrected chi connectivity index (χ0v) is 17.9. The molecular formula is C24H30N2O5. The number of hydrazine groups is 1. The maximum absolute atomic E-state index is 12.4. The zero-order chi connectivity index (χ0) is 22.1. The quantitative estimate of drug-likeness (QED) is 0.589. The number of amides is 1. The predicted octanol–water partition coefficient (Wildman–Crippen LogP) is 2.69. The predicted molar refractivity (Wildman–Crippen MR) is 117 cm³/mol. The van der Waals surface area contributed by atoms with Crippen LogP contribution in [0.15, 0.2) is 54.6 Å². The highest BCUT2D eigenvalue weighted by molar-refractivity contribution is 5.89. The summed E-state index contributed by atoms with van der Waals surface area (Å²) in [5.74, 6) is 0.377. The van der Waals surface area contributed by atoms with E-state index in [1.54, 1.807) is 36.4 Å². The van der Waals surface area contributed by atoms with Gasteiger partial charge in [-0.25, -0.2) is 9.80 Å². The van der Waals surface area contributed by atoms with E-state index in [1.165, 1.54) is 0 Å². The molecule has 1 heterocycles. The normalized spacial score (nSPS) is 15.5. The second-order valence-corrected chi connectivity index (χ2v) is 7.53. The van der Waals surface area contributed by atoms with Gasteiger partial charge >= 0.3 is 5.97 Å². The average Bonchev–Trinajstić information content (AvgIpc) is 2.80. The van der Waals surface area contributed by atoms with Gasteiger partial charge < -0.3 is 14.6 Å². The second-order valence-electron chi connectivity index (χ2n) is 7.53. The standard InChI is InChI=1S/C24H30N2O5/c1-30-22-11-6-5-10-20(22)18-21(27)13-15-25-14-7-12-23(28)26(25)16-17-31-24(29)19-8-3-2-4-9-19/h2-6,8-11,21,27H,7,12-18H2,1H3. The van der Waals surface area contributed by atoms with Gasteiger partial charge in [0.15, 0.2) is 0 Å². The Labute approximate surface area is 183 Å². The minimum absolute atomic E-state index is 0.0150. The van der Waals surface area contributed by atoms with E-state index in [0.717, 1.165) is 24.3 Å². The van der Waals surface area contributed by atoms with E-state index in [4.69, 9.17) is 9.47 Å². The first-order chi connectivity index (χ1) is 15.1. The fourth-order valence-corrected chi connectivity index (χ4v) is 3.73. The van der Waals surface area contributed by atoms with Gasteiger partial charge in [0.25, 0.3) is 0 Å². The summed E-state index contributed by atoms with van der Waals surface area (Å²) in [6.07, 6.45) is 1.71. The molecule has 0 aromatic heterocycles. The lowest BCUT2D eigenvalue weighted by Crippen LogP contribution is -2.52. The number of aliphatic hydroxyl groups is 1. The Kier molecular flexibility index (Phi) is 8.44. The Bertz CT molecular complexity index is 858. The Morgan fingerprint density at radius 2 is 1.84 bits per heavy atom. The van der Waals surface area contributed by atoms with Crippen LogP contribution in [0.3, 0.4) is 0 Å². The second kappa shape index (κ2) is 11.5. The number of rotatable bonds is 10. The molecule has 0 saturated carbocycles. The van der Waals surface area contributed by atoms with Gasteiger partial charge in [0.1, 0.15) is 12.4 Å². The Balaban J connectivity index is 1.49. The molecule has 0 aliphatic carbocycles. The van der Waals surface area contributed by atoms with Crippen molar-refractivity contribution in [3.05, 3.63) is 65.7 Å². The SMILES string of the molecule is COc1ccccc1CC(O)CCN1CCCC(=O)N1CCOC(=O)c1ccccc1. The summed E-state index contributed by atoms with van der Waals surface area (Å²) in [7, 11) is 1.62. The third-order valence-corrected chi connectivity index (χ3v) is 5.35. The first-order valence-electron chi connectivity index (χ1n) is 10.7. The van der Waals surface area contributed by atoms with Crippen LogP contribution in [0, 0.1) is 0 Å². The highest BCUT2D eigenvalue weighted by Gasteiger charge is 2.26. The molecular weight excluding hydrogens is 396 g/mol. The van der Waals surface area contributed by atoms with E-state index in [-0.39, 0.29) is 12.5 Å². The number of para-hydroxylation sites is 1. The fraction of sp³-hybridized carbons (Fsp3) is 0.417. The van der Waals surface area contributed by atoms with Crippen molar-refractivity contribution in [2.45, 2.75) is 31.8 Å². The molecule has 0 spiro atoms. The van der Waals surface area contributed by atoms with E-state index in [9.17, 15) is 14.7 Å². The average molecular weight is 427 g/mol. The summed E-state index contributed by atoms with van der Waals surface area (Å²) < 4.78 is 10.7. The van der Waals surface area contributed by atoms with Crippen molar-refractivity contribution in [2.24, 2.45) is 0 Å². The lowest BCUT2D eigenvalue weighted by atomic mass is 10.0. The Hall–Kier alpha value is -2.90. The molecule has 1 aliphatic heterocycles. The van der Waals surface area contributed by atoms with Gasteiger partial charge in [0.2, 0.25) is 5.91 Å². The van der Waals surface area contributed by atoms with Gasteiger partial charge in [-0.1, -0.05) is 36.4 Å². The van der Waals surface area contributed by atoms with Gasteiger partial charge in [-0.05, 0) is 36.6 Å². The van der Waals surface area contributed by atoms with E-state index in [1.807, 2.05) is 35.3 Å². The minimum Gasteiger partial charge on any atom is -0.496 e. The molecule has 1 atom stereocenters. The topological polar surface area (TPSA) is 79.3 Å². The van der Waals surface area contributed by atoms with Crippen LogP contribution in [0.1, 0.15) is 35.2 Å². The number of carbonyl (C=O) groups excluding carboxylic acids is 2. The molecule has 2 aromatic rings. The summed E-state index contributed by atoms with van der Waals surface area (Å²) in [4.78, 5) is 24.5. The van der Waals surface area contributed by atoms with Gasteiger partial charge in [-0.2, -0.15) is 0 Å². The fourth-order valence-electron chi connectivity index (χ4n) is 3.73. The molecule has 1 unspecified atom stereocenters. The van der Waals surface area contributed by atoms with Crippen LogP contribution < -0.4 is 4.74 Å². The third kappa shape index (κ3) is 6.54. The molecule has 1 N–H and O–H groups in total. The summed E-state index contributed by atoms with van der Waals surface area (Å²) >= 11 is 0. The van der Waals surface area contributed by atoms with Crippen LogP contribution >= 0.6 is 0 Å². The van der Waals surface area contributed by atoms with Crippen LogP contribution in [-0.2, 0) is 16.0 Å². The van der Waals surface area contributed by atoms with Gasteiger partial charge in [-0.3, -0.25) is 9.80 Å². The molecule has 1 saturated heterocycles. The Morgan fingerprint density at radius 3 is 2.61 bits per heavy atom. The monoisotopic (exact) mass is 426 g/mol. The van der Waals surface area contributed by atoms with Gasteiger partial charge in [0.05, 0.1) is 25.3 Å². The van der Waals surface area contributed by atoms with Crippen molar-refractivity contribution in [1.29, 1.82) is 0 Å². The number of ether oxygens (including phenoxy) is 2. The Morgan fingerprint density at radius 1 is 1.10 bits per heavy atom. The highest BCUT2D eigenvalue weighted by atomic mass is 16.5. The number of hydrogen-bond donors (Lipinski definition) is 1. The van der Waals surface area contributed by atoms with Crippen LogP contribution in [0.4, 0.5) is 0 Å². The molecule has 0 bridgehead atoms. The molecule has 31 heavy (non-hydrogen) atoms. The molecule has 1 aliphatic rings. The zero-order valence-electron chi connectivity index (χ0n) is 17.9. The lowest BCUT2D eigenvalue weighted by molar-refractivity contribution is -0.157. The molecule has 7 nitrogen and oxygen atoms in total. The maximum atomic E-state index is 12.4.